The van der Waals surface area contributed by atoms with Gasteiger partial charge in [-0.05, 0) is 18.1 Å². The van der Waals surface area contributed by atoms with Crippen LogP contribution >= 0.6 is 0 Å². The van der Waals surface area contributed by atoms with Crippen LogP contribution in [-0.4, -0.2) is 25.9 Å². The van der Waals surface area contributed by atoms with E-state index in [0.29, 0.717) is 0 Å². The molecule has 1 aliphatic heterocycles. The van der Waals surface area contributed by atoms with E-state index in [-0.39, 0.29) is 0 Å². The molecule has 0 aromatic rings. The molecule has 0 aliphatic carbocycles. The highest BCUT2D eigenvalue weighted by atomic mass is 28.3. The Morgan fingerprint density at radius 2 is 1.40 bits per heavy atom. The highest BCUT2D eigenvalue weighted by molar-refractivity contribution is 6.77. The molecule has 10 heavy (non-hydrogen) atoms. The summed E-state index contributed by atoms with van der Waals surface area (Å²) in [5.41, 5.74) is 0. The molecule has 0 aromatic carbocycles. The first-order chi connectivity index (χ1) is 4.79. The second-order valence-corrected chi connectivity index (χ2v) is 8.47. The normalized spacial score (nSPS) is 19.5. The number of hydrogen-bond donors (Lipinski definition) is 0. The van der Waals surface area contributed by atoms with Crippen molar-refractivity contribution in [3.63, 3.8) is 0 Å². The van der Waals surface area contributed by atoms with Gasteiger partial charge in [-0.2, -0.15) is 0 Å². The van der Waals surface area contributed by atoms with Crippen molar-refractivity contribution in [2.24, 2.45) is 0 Å². The van der Waals surface area contributed by atoms with E-state index in [1.165, 1.54) is 31.2 Å². The molecule has 0 bridgehead atoms. The quantitative estimate of drug-likeness (QED) is 0.447. The highest BCUT2D eigenvalue weighted by Gasteiger charge is 2.40. The summed E-state index contributed by atoms with van der Waals surface area (Å²) in [5, 5.41) is 0. The topological polar surface area (TPSA) is 3.01 Å². The van der Waals surface area contributed by atoms with E-state index in [2.05, 4.69) is 25.3 Å². The van der Waals surface area contributed by atoms with Gasteiger partial charge in [0.2, 0.25) is 0 Å². The van der Waals surface area contributed by atoms with E-state index >= 15 is 0 Å². The standard InChI is InChI=1S/C8H19NSi/c1-4-10(5-2,6-3)9-7-8-9/h4-8H2,1-3H3. The van der Waals surface area contributed by atoms with Crippen molar-refractivity contribution in [3.8, 4) is 0 Å². The minimum absolute atomic E-state index is 0.850. The van der Waals surface area contributed by atoms with Crippen LogP contribution in [-0.2, 0) is 0 Å². The molecule has 0 amide bonds. The Morgan fingerprint density at radius 1 is 1.00 bits per heavy atom. The summed E-state index contributed by atoms with van der Waals surface area (Å²) in [4.78, 5) is 0. The highest BCUT2D eigenvalue weighted by Crippen LogP contribution is 2.29. The van der Waals surface area contributed by atoms with Crippen LogP contribution in [0.1, 0.15) is 20.8 Å². The number of nitrogens with zero attached hydrogens (tertiary/aromatic N) is 1. The van der Waals surface area contributed by atoms with E-state index < -0.39 is 8.24 Å². The van der Waals surface area contributed by atoms with Gasteiger partial charge < -0.3 is 4.57 Å². The number of rotatable bonds is 4. The lowest BCUT2D eigenvalue weighted by Gasteiger charge is -2.29. The van der Waals surface area contributed by atoms with Gasteiger partial charge in [-0.15, -0.1) is 0 Å². The molecule has 1 nitrogen and oxygen atoms in total. The van der Waals surface area contributed by atoms with Crippen LogP contribution < -0.4 is 0 Å². The predicted molar refractivity (Wildman–Crippen MR) is 48.8 cm³/mol. The zero-order valence-corrected chi connectivity index (χ0v) is 8.48. The zero-order valence-electron chi connectivity index (χ0n) is 7.48. The van der Waals surface area contributed by atoms with Crippen LogP contribution in [0.3, 0.4) is 0 Å². The second kappa shape index (κ2) is 3.05. The second-order valence-electron chi connectivity index (χ2n) is 3.27. The molecule has 0 N–H and O–H groups in total. The van der Waals surface area contributed by atoms with Crippen molar-refractivity contribution < 1.29 is 0 Å². The van der Waals surface area contributed by atoms with Crippen LogP contribution in [0.4, 0.5) is 0 Å². The third-order valence-corrected chi connectivity index (χ3v) is 8.83. The Labute approximate surface area is 65.5 Å². The van der Waals surface area contributed by atoms with Crippen molar-refractivity contribution >= 4 is 8.24 Å². The summed E-state index contributed by atoms with van der Waals surface area (Å²) in [6.45, 7) is 9.93. The maximum atomic E-state index is 2.74. The van der Waals surface area contributed by atoms with Crippen molar-refractivity contribution in [1.82, 2.24) is 4.57 Å². The minimum atomic E-state index is -0.850. The van der Waals surface area contributed by atoms with Crippen LogP contribution in [0, 0.1) is 0 Å². The Hall–Kier alpha value is 0.177. The van der Waals surface area contributed by atoms with E-state index in [1.807, 2.05) is 0 Å². The first-order valence-electron chi connectivity index (χ1n) is 4.54. The minimum Gasteiger partial charge on any atom is -0.321 e. The molecule has 1 fully saturated rings. The maximum Gasteiger partial charge on any atom is 0.127 e. The average molecular weight is 157 g/mol. The van der Waals surface area contributed by atoms with Gasteiger partial charge in [0.15, 0.2) is 0 Å². The molecule has 1 saturated heterocycles. The van der Waals surface area contributed by atoms with Gasteiger partial charge in [0.25, 0.3) is 0 Å². The summed E-state index contributed by atoms with van der Waals surface area (Å²) in [6.07, 6.45) is 0. The Bertz CT molecular complexity index is 97.6. The summed E-state index contributed by atoms with van der Waals surface area (Å²) < 4.78 is 2.74. The van der Waals surface area contributed by atoms with Crippen LogP contribution in [0.5, 0.6) is 0 Å². The summed E-state index contributed by atoms with van der Waals surface area (Å²) in [7, 11) is -0.850. The van der Waals surface area contributed by atoms with Gasteiger partial charge in [-0.1, -0.05) is 20.8 Å². The molecular formula is C8H19NSi. The molecular weight excluding hydrogens is 138 g/mol. The summed E-state index contributed by atoms with van der Waals surface area (Å²) >= 11 is 0. The lowest BCUT2D eigenvalue weighted by molar-refractivity contribution is 0.792. The number of hydrogen-bond acceptors (Lipinski definition) is 1. The van der Waals surface area contributed by atoms with Gasteiger partial charge in [-0.25, -0.2) is 0 Å². The molecule has 1 heterocycles. The summed E-state index contributed by atoms with van der Waals surface area (Å²) in [6, 6.07) is 4.38. The van der Waals surface area contributed by atoms with E-state index in [0.717, 1.165) is 0 Å². The lowest BCUT2D eigenvalue weighted by Crippen LogP contribution is -2.41. The monoisotopic (exact) mass is 157 g/mol. The first-order valence-corrected chi connectivity index (χ1v) is 7.11. The van der Waals surface area contributed by atoms with Gasteiger partial charge in [-0.3, -0.25) is 0 Å². The van der Waals surface area contributed by atoms with E-state index in [4.69, 9.17) is 0 Å². The van der Waals surface area contributed by atoms with E-state index in [9.17, 15) is 0 Å². The Morgan fingerprint density at radius 3 is 1.50 bits per heavy atom. The third-order valence-electron chi connectivity index (χ3n) is 3.09. The van der Waals surface area contributed by atoms with Crippen LogP contribution in [0.15, 0.2) is 0 Å². The Kier molecular flexibility index (Phi) is 2.53. The average Bonchev–Trinajstić information content (AvgIpc) is 2.77. The van der Waals surface area contributed by atoms with Gasteiger partial charge in [0.1, 0.15) is 8.24 Å². The van der Waals surface area contributed by atoms with Crippen molar-refractivity contribution in [2.45, 2.75) is 38.9 Å². The zero-order chi connectivity index (χ0) is 7.61. The van der Waals surface area contributed by atoms with Crippen LogP contribution in [0.25, 0.3) is 0 Å². The lowest BCUT2D eigenvalue weighted by atomic mass is 10.9. The largest absolute Gasteiger partial charge is 0.321 e. The van der Waals surface area contributed by atoms with Gasteiger partial charge >= 0.3 is 0 Å². The fourth-order valence-electron chi connectivity index (χ4n) is 1.95. The maximum absolute atomic E-state index is 2.74. The van der Waals surface area contributed by atoms with Gasteiger partial charge in [0.05, 0.1) is 0 Å². The molecule has 2 heteroatoms. The predicted octanol–water partition coefficient (Wildman–Crippen LogP) is 2.31. The molecule has 60 valence electrons. The molecule has 0 unspecified atom stereocenters. The Balaban J connectivity index is 2.52. The molecule has 1 aliphatic rings. The first kappa shape index (κ1) is 8.28. The van der Waals surface area contributed by atoms with Gasteiger partial charge in [0, 0.05) is 13.1 Å². The van der Waals surface area contributed by atoms with Crippen molar-refractivity contribution in [1.29, 1.82) is 0 Å². The van der Waals surface area contributed by atoms with Crippen molar-refractivity contribution in [2.75, 3.05) is 13.1 Å². The molecule has 0 spiro atoms. The molecule has 0 saturated carbocycles. The fourth-order valence-corrected chi connectivity index (χ4v) is 5.84. The molecule has 0 aromatic heterocycles. The van der Waals surface area contributed by atoms with Crippen molar-refractivity contribution in [3.05, 3.63) is 0 Å². The fraction of sp³-hybridized carbons (Fsp3) is 1.00. The van der Waals surface area contributed by atoms with E-state index in [1.54, 1.807) is 0 Å². The molecule has 1 rings (SSSR count). The molecule has 0 radical (unpaired) electrons. The third kappa shape index (κ3) is 1.27. The SMILES string of the molecule is CC[Si](CC)(CC)N1CC1. The summed E-state index contributed by atoms with van der Waals surface area (Å²) in [5.74, 6) is 0. The smallest absolute Gasteiger partial charge is 0.127 e. The van der Waals surface area contributed by atoms with Crippen LogP contribution in [0.2, 0.25) is 18.1 Å². The molecule has 0 atom stereocenters.